The van der Waals surface area contributed by atoms with Gasteiger partial charge in [-0.05, 0) is 18.3 Å². The largest absolute Gasteiger partial charge is 0.257 e. The Bertz CT molecular complexity index is 239. The molecule has 3 nitrogen and oxygen atoms in total. The van der Waals surface area contributed by atoms with E-state index in [2.05, 4.69) is 27.8 Å². The summed E-state index contributed by atoms with van der Waals surface area (Å²) < 4.78 is 0. The number of nitrogens with zero attached hydrogens (tertiary/aromatic N) is 1. The number of aliphatic imine (C=N–C) groups is 1. The summed E-state index contributed by atoms with van der Waals surface area (Å²) >= 11 is 9.97. The maximum Gasteiger partial charge on any atom is 0.257 e. The Morgan fingerprint density at radius 3 is 3.00 bits per heavy atom. The van der Waals surface area contributed by atoms with Crippen molar-refractivity contribution in [1.29, 1.82) is 0 Å². The van der Waals surface area contributed by atoms with Gasteiger partial charge < -0.3 is 0 Å². The Kier molecular flexibility index (Phi) is 2.59. The highest BCUT2D eigenvalue weighted by molar-refractivity contribution is 7.78. The van der Waals surface area contributed by atoms with Crippen molar-refractivity contribution in [1.82, 2.24) is 5.43 Å². The quantitative estimate of drug-likeness (QED) is 0.256. The average molecular weight is 175 g/mol. The number of hydrogen-bond donors (Lipinski definition) is 2. The molecule has 10 heavy (non-hydrogen) atoms. The number of nitrogens with one attached hydrogen (secondary N) is 1. The van der Waals surface area contributed by atoms with E-state index in [1.54, 1.807) is 17.6 Å². The molecule has 1 aliphatic rings. The van der Waals surface area contributed by atoms with E-state index in [1.807, 2.05) is 0 Å². The lowest BCUT2D eigenvalue weighted by atomic mass is 10.5. The molecular formula is C5H5ClN3S+. The molecule has 1 heterocycles. The number of halogens is 1. The molecule has 0 radical (unpaired) electrons. The minimum absolute atomic E-state index is 0.573. The van der Waals surface area contributed by atoms with Gasteiger partial charge in [0.2, 0.25) is 0 Å². The summed E-state index contributed by atoms with van der Waals surface area (Å²) in [6, 6.07) is 0. The predicted octanol–water partition coefficient (Wildman–Crippen LogP) is 0.0924. The smallest absolute Gasteiger partial charge is 0.222 e. The average Bonchev–Trinajstić information content (AvgIpc) is 1.95. The van der Waals surface area contributed by atoms with Gasteiger partial charge in [-0.15, -0.1) is 4.99 Å². The first-order valence-corrected chi connectivity index (χ1v) is 3.36. The van der Waals surface area contributed by atoms with E-state index in [4.69, 9.17) is 11.6 Å². The summed E-state index contributed by atoms with van der Waals surface area (Å²) in [4.78, 5) is 3.72. The van der Waals surface area contributed by atoms with Gasteiger partial charge in [0, 0.05) is 6.08 Å². The van der Waals surface area contributed by atoms with Crippen LogP contribution in [0, 0.1) is 0 Å². The molecule has 0 aromatic rings. The lowest BCUT2D eigenvalue weighted by molar-refractivity contribution is -0.659. The number of hydrogen-bond acceptors (Lipinski definition) is 3. The first kappa shape index (κ1) is 7.44. The van der Waals surface area contributed by atoms with E-state index in [9.17, 15) is 0 Å². The van der Waals surface area contributed by atoms with Crippen LogP contribution in [0.4, 0.5) is 0 Å². The van der Waals surface area contributed by atoms with Crippen LogP contribution in [0.15, 0.2) is 28.1 Å². The van der Waals surface area contributed by atoms with Gasteiger partial charge in [-0.25, -0.2) is 5.43 Å². The molecule has 0 saturated heterocycles. The molecule has 0 aromatic heterocycles. The third-order valence-corrected chi connectivity index (χ3v) is 1.26. The minimum Gasteiger partial charge on any atom is -0.222 e. The summed E-state index contributed by atoms with van der Waals surface area (Å²) in [7, 11) is 0. The zero-order chi connectivity index (χ0) is 7.40. The van der Waals surface area contributed by atoms with Crippen LogP contribution < -0.4 is 10.9 Å². The summed E-state index contributed by atoms with van der Waals surface area (Å²) in [6.45, 7) is 0. The van der Waals surface area contributed by atoms with Crippen molar-refractivity contribution in [2.45, 2.75) is 0 Å². The molecule has 0 amide bonds. The Balaban J connectivity index is 2.73. The summed E-state index contributed by atoms with van der Waals surface area (Å²) in [5, 5.41) is 2.82. The summed E-state index contributed by atoms with van der Waals surface area (Å²) in [5.41, 5.74) is 4.42. The normalized spacial score (nSPS) is 16.1. The van der Waals surface area contributed by atoms with Crippen LogP contribution in [0.25, 0.3) is 0 Å². The number of isothiocyanates is 1. The molecule has 0 bridgehead atoms. The topological polar surface area (TPSA) is 41.0 Å². The molecule has 0 aromatic carbocycles. The second-order valence-electron chi connectivity index (χ2n) is 1.60. The Labute approximate surface area is 68.4 Å². The van der Waals surface area contributed by atoms with Gasteiger partial charge in [0.05, 0.1) is 5.16 Å². The SMILES string of the molecule is S=C=NC1=CC=C(Cl)N[NH2+]1. The van der Waals surface area contributed by atoms with Gasteiger partial charge in [0.25, 0.3) is 5.82 Å². The van der Waals surface area contributed by atoms with Crippen molar-refractivity contribution in [2.24, 2.45) is 4.99 Å². The predicted molar refractivity (Wildman–Crippen MR) is 42.1 cm³/mol. The van der Waals surface area contributed by atoms with Crippen LogP contribution in [-0.2, 0) is 0 Å². The fourth-order valence-electron chi connectivity index (χ4n) is 0.520. The second-order valence-corrected chi connectivity index (χ2v) is 2.19. The molecule has 0 spiro atoms. The highest BCUT2D eigenvalue weighted by Crippen LogP contribution is 1.97. The van der Waals surface area contributed by atoms with E-state index in [0.717, 1.165) is 5.82 Å². The fourth-order valence-corrected chi connectivity index (χ4v) is 0.743. The van der Waals surface area contributed by atoms with Crippen LogP contribution >= 0.6 is 23.8 Å². The number of nitrogens with two attached hydrogens (primary N) is 1. The van der Waals surface area contributed by atoms with Crippen molar-refractivity contribution >= 4 is 29.0 Å². The molecule has 0 aliphatic carbocycles. The first-order chi connectivity index (χ1) is 4.83. The van der Waals surface area contributed by atoms with Gasteiger partial charge in [-0.1, -0.05) is 11.6 Å². The number of thiocarbonyl (C=S) groups is 1. The van der Waals surface area contributed by atoms with Gasteiger partial charge in [-0.3, -0.25) is 0 Å². The molecular weight excluding hydrogens is 170 g/mol. The summed E-state index contributed by atoms with van der Waals surface area (Å²) in [5.74, 6) is 0.722. The Morgan fingerprint density at radius 1 is 1.70 bits per heavy atom. The number of allylic oxidation sites excluding steroid dienone is 2. The lowest BCUT2D eigenvalue weighted by Crippen LogP contribution is -2.91. The molecule has 0 unspecified atom stereocenters. The van der Waals surface area contributed by atoms with Crippen LogP contribution in [0.2, 0.25) is 0 Å². The van der Waals surface area contributed by atoms with Crippen molar-refractivity contribution in [3.05, 3.63) is 23.1 Å². The fraction of sp³-hybridized carbons (Fsp3) is 0. The van der Waals surface area contributed by atoms with Crippen molar-refractivity contribution < 1.29 is 5.43 Å². The molecule has 52 valence electrons. The summed E-state index contributed by atoms with van der Waals surface area (Å²) in [6.07, 6.45) is 3.45. The highest BCUT2D eigenvalue weighted by atomic mass is 35.5. The maximum atomic E-state index is 5.57. The van der Waals surface area contributed by atoms with Crippen LogP contribution in [0.5, 0.6) is 0 Å². The van der Waals surface area contributed by atoms with Crippen LogP contribution in [0.1, 0.15) is 0 Å². The molecule has 0 atom stereocenters. The molecule has 3 N–H and O–H groups in total. The molecule has 0 fully saturated rings. The second kappa shape index (κ2) is 3.49. The standard InChI is InChI=1S/C5H4ClN3S/c6-4-1-2-5(7-3-10)9-8-4/h1-2,8-9H/p+1. The van der Waals surface area contributed by atoms with E-state index in [1.165, 1.54) is 0 Å². The van der Waals surface area contributed by atoms with E-state index < -0.39 is 0 Å². The van der Waals surface area contributed by atoms with E-state index in [-0.39, 0.29) is 0 Å². The van der Waals surface area contributed by atoms with Crippen LogP contribution in [-0.4, -0.2) is 5.16 Å². The first-order valence-electron chi connectivity index (χ1n) is 2.58. The third kappa shape index (κ3) is 1.93. The van der Waals surface area contributed by atoms with Gasteiger partial charge >= 0.3 is 0 Å². The molecule has 1 rings (SSSR count). The van der Waals surface area contributed by atoms with Gasteiger partial charge in [0.1, 0.15) is 0 Å². The Hall–Kier alpha value is -0.670. The van der Waals surface area contributed by atoms with Gasteiger partial charge in [0.15, 0.2) is 5.16 Å². The maximum absolute atomic E-state index is 5.57. The zero-order valence-electron chi connectivity index (χ0n) is 4.97. The number of rotatable bonds is 1. The Morgan fingerprint density at radius 2 is 2.50 bits per heavy atom. The van der Waals surface area contributed by atoms with E-state index >= 15 is 0 Å². The number of quaternary nitrogens is 1. The van der Waals surface area contributed by atoms with Crippen LogP contribution in [0.3, 0.4) is 0 Å². The molecule has 5 heteroatoms. The van der Waals surface area contributed by atoms with Gasteiger partial charge in [-0.2, -0.15) is 5.43 Å². The van der Waals surface area contributed by atoms with E-state index in [0.29, 0.717) is 5.16 Å². The van der Waals surface area contributed by atoms with Crippen molar-refractivity contribution in [3.8, 4) is 0 Å². The lowest BCUT2D eigenvalue weighted by Gasteiger charge is -2.04. The monoisotopic (exact) mass is 174 g/mol. The zero-order valence-corrected chi connectivity index (χ0v) is 6.54. The van der Waals surface area contributed by atoms with Crippen molar-refractivity contribution in [3.63, 3.8) is 0 Å². The van der Waals surface area contributed by atoms with Crippen molar-refractivity contribution in [2.75, 3.05) is 0 Å². The minimum atomic E-state index is 0.573. The molecule has 1 aliphatic heterocycles. The molecule has 0 saturated carbocycles. The third-order valence-electron chi connectivity index (χ3n) is 0.933. The highest BCUT2D eigenvalue weighted by Gasteiger charge is 2.03.